The smallest absolute Gasteiger partial charge is 0.0579 e. The van der Waals surface area contributed by atoms with Gasteiger partial charge in [-0.3, -0.25) is 0 Å². The Labute approximate surface area is 98.6 Å². The molecule has 0 amide bonds. The molecule has 1 heterocycles. The van der Waals surface area contributed by atoms with E-state index in [2.05, 4.69) is 19.2 Å². The number of aliphatic hydroxyl groups is 1. The van der Waals surface area contributed by atoms with Gasteiger partial charge in [-0.15, -0.1) is 0 Å². The van der Waals surface area contributed by atoms with Crippen LogP contribution in [-0.4, -0.2) is 38.0 Å². The van der Waals surface area contributed by atoms with Crippen molar-refractivity contribution in [3.05, 3.63) is 0 Å². The van der Waals surface area contributed by atoms with E-state index in [1.807, 2.05) is 0 Å². The molecule has 0 spiro atoms. The van der Waals surface area contributed by atoms with Crippen LogP contribution in [0.5, 0.6) is 0 Å². The molecule has 0 radical (unpaired) electrons. The molecule has 1 saturated heterocycles. The lowest BCUT2D eigenvalue weighted by Gasteiger charge is -2.43. The van der Waals surface area contributed by atoms with E-state index in [0.29, 0.717) is 18.6 Å². The molecule has 1 aliphatic carbocycles. The fourth-order valence-corrected chi connectivity index (χ4v) is 2.62. The largest absolute Gasteiger partial charge is 0.396 e. The Morgan fingerprint density at radius 2 is 2.06 bits per heavy atom. The highest BCUT2D eigenvalue weighted by Gasteiger charge is 2.39. The second-order valence-electron chi connectivity index (χ2n) is 6.37. The van der Waals surface area contributed by atoms with E-state index in [1.54, 1.807) is 0 Å². The minimum absolute atomic E-state index is 0.00962. The van der Waals surface area contributed by atoms with Crippen molar-refractivity contribution in [2.75, 3.05) is 32.9 Å². The second kappa shape index (κ2) is 4.63. The molecule has 1 saturated carbocycles. The van der Waals surface area contributed by atoms with Gasteiger partial charge in [-0.2, -0.15) is 0 Å². The molecule has 2 fully saturated rings. The van der Waals surface area contributed by atoms with E-state index < -0.39 is 0 Å². The normalized spacial score (nSPS) is 24.9. The molecule has 0 unspecified atom stereocenters. The summed E-state index contributed by atoms with van der Waals surface area (Å²) < 4.78 is 5.19. The van der Waals surface area contributed by atoms with Crippen molar-refractivity contribution in [2.45, 2.75) is 33.1 Å². The number of nitrogens with one attached hydrogen (secondary N) is 1. The van der Waals surface area contributed by atoms with Gasteiger partial charge >= 0.3 is 0 Å². The van der Waals surface area contributed by atoms with Gasteiger partial charge in [0.05, 0.1) is 25.2 Å². The van der Waals surface area contributed by atoms with Gasteiger partial charge in [0, 0.05) is 13.1 Å². The molecule has 0 aromatic rings. The molecule has 16 heavy (non-hydrogen) atoms. The van der Waals surface area contributed by atoms with Crippen LogP contribution >= 0.6 is 0 Å². The zero-order valence-electron chi connectivity index (χ0n) is 10.6. The fraction of sp³-hybridized carbons (Fsp3) is 1.00. The summed E-state index contributed by atoms with van der Waals surface area (Å²) in [5, 5.41) is 12.8. The summed E-state index contributed by atoms with van der Waals surface area (Å²) in [6, 6.07) is 0. The average molecular weight is 227 g/mol. The predicted octanol–water partition coefficient (Wildman–Crippen LogP) is 1.41. The first-order chi connectivity index (χ1) is 7.58. The maximum atomic E-state index is 9.31. The third-order valence-corrected chi connectivity index (χ3v) is 4.44. The average Bonchev–Trinajstić information content (AvgIpc) is 2.05. The molecule has 2 N–H and O–H groups in total. The van der Waals surface area contributed by atoms with Crippen molar-refractivity contribution in [1.29, 1.82) is 0 Å². The lowest BCUT2D eigenvalue weighted by Crippen LogP contribution is -2.53. The topological polar surface area (TPSA) is 41.5 Å². The predicted molar refractivity (Wildman–Crippen MR) is 64.3 cm³/mol. The highest BCUT2D eigenvalue weighted by atomic mass is 16.5. The highest BCUT2D eigenvalue weighted by molar-refractivity contribution is 4.90. The van der Waals surface area contributed by atoms with Crippen LogP contribution < -0.4 is 5.32 Å². The summed E-state index contributed by atoms with van der Waals surface area (Å²) in [5.74, 6) is 0.891. The van der Waals surface area contributed by atoms with E-state index >= 15 is 0 Å². The number of hydrogen-bond acceptors (Lipinski definition) is 3. The van der Waals surface area contributed by atoms with Crippen molar-refractivity contribution in [3.63, 3.8) is 0 Å². The Balaban J connectivity index is 1.70. The van der Waals surface area contributed by atoms with Gasteiger partial charge in [-0.25, -0.2) is 0 Å². The first-order valence-electron chi connectivity index (χ1n) is 6.47. The molecule has 0 bridgehead atoms. The molecule has 94 valence electrons. The van der Waals surface area contributed by atoms with E-state index in [4.69, 9.17) is 4.74 Å². The molecule has 0 aromatic heterocycles. The first kappa shape index (κ1) is 12.3. The Hall–Kier alpha value is -0.120. The fourth-order valence-electron chi connectivity index (χ4n) is 2.62. The molecule has 0 aromatic carbocycles. The SMILES string of the molecule is CC(C)(CNCC1(CO)COC1)C1CCC1. The van der Waals surface area contributed by atoms with Crippen LogP contribution in [0.1, 0.15) is 33.1 Å². The van der Waals surface area contributed by atoms with Gasteiger partial charge < -0.3 is 15.2 Å². The third kappa shape index (κ3) is 2.41. The minimum Gasteiger partial charge on any atom is -0.396 e. The van der Waals surface area contributed by atoms with Crippen LogP contribution in [0.4, 0.5) is 0 Å². The zero-order valence-corrected chi connectivity index (χ0v) is 10.6. The summed E-state index contributed by atoms with van der Waals surface area (Å²) in [6.45, 7) is 8.31. The van der Waals surface area contributed by atoms with Crippen molar-refractivity contribution in [1.82, 2.24) is 5.32 Å². The maximum Gasteiger partial charge on any atom is 0.0579 e. The highest BCUT2D eigenvalue weighted by Crippen LogP contribution is 2.41. The van der Waals surface area contributed by atoms with Crippen LogP contribution in [0.15, 0.2) is 0 Å². The molecule has 3 heteroatoms. The van der Waals surface area contributed by atoms with Gasteiger partial charge in [0.1, 0.15) is 0 Å². The quantitative estimate of drug-likeness (QED) is 0.721. The Morgan fingerprint density at radius 1 is 1.38 bits per heavy atom. The number of rotatable bonds is 6. The summed E-state index contributed by atoms with van der Waals surface area (Å²) >= 11 is 0. The summed E-state index contributed by atoms with van der Waals surface area (Å²) in [7, 11) is 0. The van der Waals surface area contributed by atoms with Crippen LogP contribution in [0.3, 0.4) is 0 Å². The molecular weight excluding hydrogens is 202 g/mol. The van der Waals surface area contributed by atoms with Gasteiger partial charge in [0.2, 0.25) is 0 Å². The van der Waals surface area contributed by atoms with Crippen LogP contribution in [0.25, 0.3) is 0 Å². The van der Waals surface area contributed by atoms with Crippen LogP contribution in [-0.2, 0) is 4.74 Å². The van der Waals surface area contributed by atoms with E-state index in [1.165, 1.54) is 19.3 Å². The van der Waals surface area contributed by atoms with E-state index in [9.17, 15) is 5.11 Å². The maximum absolute atomic E-state index is 9.31. The first-order valence-corrected chi connectivity index (χ1v) is 6.47. The lowest BCUT2D eigenvalue weighted by molar-refractivity contribution is -0.135. The molecule has 2 aliphatic rings. The van der Waals surface area contributed by atoms with Crippen molar-refractivity contribution in [3.8, 4) is 0 Å². The number of hydrogen-bond donors (Lipinski definition) is 2. The van der Waals surface area contributed by atoms with Gasteiger partial charge in [0.15, 0.2) is 0 Å². The molecule has 0 atom stereocenters. The summed E-state index contributed by atoms with van der Waals surface area (Å²) in [5.41, 5.74) is 0.412. The Morgan fingerprint density at radius 3 is 2.44 bits per heavy atom. The van der Waals surface area contributed by atoms with Crippen molar-refractivity contribution >= 4 is 0 Å². The van der Waals surface area contributed by atoms with Crippen molar-refractivity contribution < 1.29 is 9.84 Å². The lowest BCUT2D eigenvalue weighted by atomic mass is 9.67. The zero-order chi connectivity index (χ0) is 11.6. The van der Waals surface area contributed by atoms with E-state index in [0.717, 1.165) is 19.0 Å². The van der Waals surface area contributed by atoms with E-state index in [-0.39, 0.29) is 12.0 Å². The van der Waals surface area contributed by atoms with Crippen LogP contribution in [0.2, 0.25) is 0 Å². The van der Waals surface area contributed by atoms with Gasteiger partial charge in [-0.1, -0.05) is 20.3 Å². The molecule has 1 aliphatic heterocycles. The van der Waals surface area contributed by atoms with Gasteiger partial charge in [-0.05, 0) is 24.2 Å². The molecule has 3 nitrogen and oxygen atoms in total. The van der Waals surface area contributed by atoms with Gasteiger partial charge in [0.25, 0.3) is 0 Å². The van der Waals surface area contributed by atoms with Crippen molar-refractivity contribution in [2.24, 2.45) is 16.7 Å². The Kier molecular flexibility index (Phi) is 3.57. The summed E-state index contributed by atoms with van der Waals surface area (Å²) in [6.07, 6.45) is 4.19. The monoisotopic (exact) mass is 227 g/mol. The van der Waals surface area contributed by atoms with Crippen LogP contribution in [0, 0.1) is 16.7 Å². The second-order valence-corrected chi connectivity index (χ2v) is 6.37. The minimum atomic E-state index is 0.00962. The Bertz CT molecular complexity index is 227. The third-order valence-electron chi connectivity index (χ3n) is 4.44. The summed E-state index contributed by atoms with van der Waals surface area (Å²) in [4.78, 5) is 0. The number of ether oxygens (including phenoxy) is 1. The number of aliphatic hydroxyl groups excluding tert-OH is 1. The molecular formula is C13H25NO2. The standard InChI is InChI=1S/C13H25NO2/c1-12(2,11-4-3-5-11)6-14-7-13(8-15)9-16-10-13/h11,14-15H,3-10H2,1-2H3. The molecule has 2 rings (SSSR count).